The fourth-order valence-corrected chi connectivity index (χ4v) is 1.76. The maximum absolute atomic E-state index is 11.0. The van der Waals surface area contributed by atoms with Gasteiger partial charge in [-0.25, -0.2) is 0 Å². The van der Waals surface area contributed by atoms with Crippen LogP contribution in [0.25, 0.3) is 0 Å². The molecular weight excluding hydrogens is 272 g/mol. The molecule has 0 aromatic heterocycles. The monoisotopic (exact) mass is 286 g/mol. The van der Waals surface area contributed by atoms with Gasteiger partial charge in [-0.15, -0.1) is 0 Å². The quantitative estimate of drug-likeness (QED) is 0.780. The molecule has 0 bridgehead atoms. The van der Waals surface area contributed by atoms with Gasteiger partial charge in [0.25, 0.3) is 0 Å². The van der Waals surface area contributed by atoms with Gasteiger partial charge in [0.2, 0.25) is 5.91 Å². The lowest BCUT2D eigenvalue weighted by atomic mass is 10.2. The van der Waals surface area contributed by atoms with E-state index in [-0.39, 0.29) is 0 Å². The van der Waals surface area contributed by atoms with Crippen LogP contribution in [0.4, 0.5) is 0 Å². The summed E-state index contributed by atoms with van der Waals surface area (Å²) in [5.74, 6) is 0.265. The van der Waals surface area contributed by atoms with Crippen LogP contribution in [0.15, 0.2) is 22.7 Å². The SMILES string of the molecule is CCNCCOc1ccc(C(N)=O)c(Br)c1. The zero-order valence-corrected chi connectivity index (χ0v) is 10.7. The van der Waals surface area contributed by atoms with Gasteiger partial charge in [0.15, 0.2) is 0 Å². The molecule has 1 rings (SSSR count). The Balaban J connectivity index is 2.56. The van der Waals surface area contributed by atoms with Crippen LogP contribution in [-0.4, -0.2) is 25.6 Å². The predicted molar refractivity (Wildman–Crippen MR) is 66.7 cm³/mol. The first-order valence-electron chi connectivity index (χ1n) is 5.08. The number of primary amides is 1. The topological polar surface area (TPSA) is 64.3 Å². The third-order valence-corrected chi connectivity index (χ3v) is 2.66. The van der Waals surface area contributed by atoms with Crippen molar-refractivity contribution in [1.82, 2.24) is 5.32 Å². The van der Waals surface area contributed by atoms with Gasteiger partial charge in [0.1, 0.15) is 12.4 Å². The van der Waals surface area contributed by atoms with E-state index in [2.05, 4.69) is 21.2 Å². The Morgan fingerprint density at radius 1 is 1.56 bits per heavy atom. The summed E-state index contributed by atoms with van der Waals surface area (Å²) < 4.78 is 6.13. The molecule has 0 aliphatic heterocycles. The first kappa shape index (κ1) is 13.0. The third kappa shape index (κ3) is 3.83. The Morgan fingerprint density at radius 2 is 2.31 bits per heavy atom. The number of amides is 1. The molecular formula is C11H15BrN2O2. The molecule has 5 heteroatoms. The molecule has 1 aromatic rings. The highest BCUT2D eigenvalue weighted by Gasteiger charge is 2.06. The van der Waals surface area contributed by atoms with Crippen LogP contribution in [0.1, 0.15) is 17.3 Å². The van der Waals surface area contributed by atoms with Crippen molar-refractivity contribution in [2.75, 3.05) is 19.7 Å². The molecule has 0 saturated heterocycles. The summed E-state index contributed by atoms with van der Waals surface area (Å²) in [5.41, 5.74) is 5.64. The minimum atomic E-state index is -0.453. The van der Waals surface area contributed by atoms with E-state index in [1.165, 1.54) is 0 Å². The molecule has 16 heavy (non-hydrogen) atoms. The molecule has 0 fully saturated rings. The van der Waals surface area contributed by atoms with Crippen LogP contribution < -0.4 is 15.8 Å². The third-order valence-electron chi connectivity index (χ3n) is 2.00. The molecule has 0 unspecified atom stereocenters. The number of hydrogen-bond donors (Lipinski definition) is 2. The summed E-state index contributed by atoms with van der Waals surface area (Å²) in [5, 5.41) is 3.15. The highest BCUT2D eigenvalue weighted by molar-refractivity contribution is 9.10. The van der Waals surface area contributed by atoms with Crippen molar-refractivity contribution in [3.8, 4) is 5.75 Å². The molecule has 1 amide bonds. The molecule has 1 aromatic carbocycles. The summed E-state index contributed by atoms with van der Waals surface area (Å²) in [7, 11) is 0. The zero-order chi connectivity index (χ0) is 12.0. The first-order valence-corrected chi connectivity index (χ1v) is 5.87. The van der Waals surface area contributed by atoms with Crippen molar-refractivity contribution >= 4 is 21.8 Å². The van der Waals surface area contributed by atoms with E-state index in [0.717, 1.165) is 18.8 Å². The van der Waals surface area contributed by atoms with Crippen LogP contribution in [0.5, 0.6) is 5.75 Å². The van der Waals surface area contributed by atoms with Crippen molar-refractivity contribution in [2.45, 2.75) is 6.92 Å². The normalized spacial score (nSPS) is 10.1. The summed E-state index contributed by atoms with van der Waals surface area (Å²) in [6.07, 6.45) is 0. The van der Waals surface area contributed by atoms with Crippen molar-refractivity contribution in [3.05, 3.63) is 28.2 Å². The average Bonchev–Trinajstić information content (AvgIpc) is 2.24. The Morgan fingerprint density at radius 3 is 2.88 bits per heavy atom. The lowest BCUT2D eigenvalue weighted by Gasteiger charge is -2.08. The van der Waals surface area contributed by atoms with Gasteiger partial charge >= 0.3 is 0 Å². The van der Waals surface area contributed by atoms with Crippen molar-refractivity contribution in [1.29, 1.82) is 0 Å². The average molecular weight is 287 g/mol. The second-order valence-corrected chi connectivity index (χ2v) is 4.06. The number of likely N-dealkylation sites (N-methyl/N-ethyl adjacent to an activating group) is 1. The van der Waals surface area contributed by atoms with Gasteiger partial charge in [0, 0.05) is 11.0 Å². The number of nitrogens with two attached hydrogens (primary N) is 1. The van der Waals surface area contributed by atoms with E-state index in [1.807, 2.05) is 6.92 Å². The van der Waals surface area contributed by atoms with Crippen LogP contribution >= 0.6 is 15.9 Å². The van der Waals surface area contributed by atoms with Crippen LogP contribution in [0.2, 0.25) is 0 Å². The van der Waals surface area contributed by atoms with Gasteiger partial charge in [-0.2, -0.15) is 0 Å². The molecule has 0 saturated carbocycles. The maximum atomic E-state index is 11.0. The van der Waals surface area contributed by atoms with Crippen LogP contribution in [0, 0.1) is 0 Å². The van der Waals surface area contributed by atoms with E-state index in [4.69, 9.17) is 10.5 Å². The number of rotatable bonds is 6. The van der Waals surface area contributed by atoms with Crippen molar-refractivity contribution in [2.24, 2.45) is 5.73 Å². The molecule has 0 heterocycles. The first-order chi connectivity index (χ1) is 7.65. The van der Waals surface area contributed by atoms with Gasteiger partial charge in [-0.3, -0.25) is 4.79 Å². The van der Waals surface area contributed by atoms with Crippen LogP contribution in [0.3, 0.4) is 0 Å². The van der Waals surface area contributed by atoms with Gasteiger partial charge < -0.3 is 15.8 Å². The largest absolute Gasteiger partial charge is 0.492 e. The number of carbonyl (C=O) groups is 1. The Bertz CT molecular complexity index is 369. The molecule has 0 atom stereocenters. The number of hydrogen-bond acceptors (Lipinski definition) is 3. The number of nitrogens with one attached hydrogen (secondary N) is 1. The Hall–Kier alpha value is -1.07. The number of carbonyl (C=O) groups excluding carboxylic acids is 1. The standard InChI is InChI=1S/C11H15BrN2O2/c1-2-14-5-6-16-8-3-4-9(11(13)15)10(12)7-8/h3-4,7,14H,2,5-6H2,1H3,(H2,13,15). The zero-order valence-electron chi connectivity index (χ0n) is 9.13. The molecule has 0 spiro atoms. The van der Waals surface area contributed by atoms with Gasteiger partial charge in [-0.05, 0) is 40.7 Å². The van der Waals surface area contributed by atoms with Crippen LogP contribution in [-0.2, 0) is 0 Å². The molecule has 0 aliphatic carbocycles. The summed E-state index contributed by atoms with van der Waals surface area (Å²) in [6, 6.07) is 5.12. The lowest BCUT2D eigenvalue weighted by Crippen LogP contribution is -2.20. The fraction of sp³-hybridized carbons (Fsp3) is 0.364. The van der Waals surface area contributed by atoms with Crippen molar-refractivity contribution < 1.29 is 9.53 Å². The van der Waals surface area contributed by atoms with E-state index in [1.54, 1.807) is 18.2 Å². The Labute approximate surface area is 103 Å². The van der Waals surface area contributed by atoms with E-state index >= 15 is 0 Å². The maximum Gasteiger partial charge on any atom is 0.249 e. The number of ether oxygens (including phenoxy) is 1. The van der Waals surface area contributed by atoms with Gasteiger partial charge in [-0.1, -0.05) is 6.92 Å². The fourth-order valence-electron chi connectivity index (χ4n) is 1.20. The highest BCUT2D eigenvalue weighted by Crippen LogP contribution is 2.22. The van der Waals surface area contributed by atoms with Gasteiger partial charge in [0.05, 0.1) is 5.56 Å². The van der Waals surface area contributed by atoms with E-state index in [0.29, 0.717) is 16.6 Å². The Kier molecular flexibility index (Phi) is 5.28. The van der Waals surface area contributed by atoms with E-state index in [9.17, 15) is 4.79 Å². The summed E-state index contributed by atoms with van der Waals surface area (Å²) in [4.78, 5) is 11.0. The number of halogens is 1. The minimum absolute atomic E-state index is 0.453. The number of benzene rings is 1. The van der Waals surface area contributed by atoms with E-state index < -0.39 is 5.91 Å². The highest BCUT2D eigenvalue weighted by atomic mass is 79.9. The molecule has 3 N–H and O–H groups in total. The molecule has 4 nitrogen and oxygen atoms in total. The second-order valence-electron chi connectivity index (χ2n) is 3.21. The minimum Gasteiger partial charge on any atom is -0.492 e. The smallest absolute Gasteiger partial charge is 0.249 e. The summed E-state index contributed by atoms with van der Waals surface area (Å²) in [6.45, 7) is 4.35. The lowest BCUT2D eigenvalue weighted by molar-refractivity contribution is 0.0999. The second kappa shape index (κ2) is 6.50. The van der Waals surface area contributed by atoms with Crippen molar-refractivity contribution in [3.63, 3.8) is 0 Å². The predicted octanol–water partition coefficient (Wildman–Crippen LogP) is 1.54. The molecule has 88 valence electrons. The molecule has 0 radical (unpaired) electrons. The molecule has 0 aliphatic rings. The summed E-state index contributed by atoms with van der Waals surface area (Å²) >= 11 is 3.27.